The van der Waals surface area contributed by atoms with Crippen LogP contribution in [0.3, 0.4) is 0 Å². The van der Waals surface area contributed by atoms with E-state index in [1.165, 1.54) is 0 Å². The molecule has 0 saturated heterocycles. The molecule has 4 heteroatoms. The minimum absolute atomic E-state index is 0.549. The third-order valence-electron chi connectivity index (χ3n) is 1.55. The fourth-order valence-electron chi connectivity index (χ4n) is 1.03. The van der Waals surface area contributed by atoms with Crippen molar-refractivity contribution in [3.8, 4) is 0 Å². The molecule has 13 heavy (non-hydrogen) atoms. The van der Waals surface area contributed by atoms with Gasteiger partial charge in [0, 0.05) is 16.8 Å². The zero-order valence-corrected chi connectivity index (χ0v) is 10.5. The van der Waals surface area contributed by atoms with Gasteiger partial charge < -0.3 is 4.52 Å². The van der Waals surface area contributed by atoms with Gasteiger partial charge in [0.2, 0.25) is 0 Å². The predicted octanol–water partition coefficient (Wildman–Crippen LogP) is 2.84. The van der Waals surface area contributed by atoms with E-state index >= 15 is 0 Å². The predicted molar refractivity (Wildman–Crippen MR) is 60.8 cm³/mol. The third-order valence-corrected chi connectivity index (χ3v) is 3.53. The molecule has 1 heterocycles. The van der Waals surface area contributed by atoms with E-state index in [1.807, 2.05) is 26.0 Å². The van der Waals surface area contributed by atoms with Crippen LogP contribution in [0.4, 0.5) is 0 Å². The largest absolute Gasteiger partial charge is 0.353 e. The summed E-state index contributed by atoms with van der Waals surface area (Å²) in [5.74, 6) is 0. The van der Waals surface area contributed by atoms with Gasteiger partial charge in [0.15, 0.2) is 0 Å². The van der Waals surface area contributed by atoms with E-state index in [2.05, 4.69) is 27.6 Å². The topological polar surface area (TPSA) is 22.1 Å². The van der Waals surface area contributed by atoms with Gasteiger partial charge in [0.1, 0.15) is 0 Å². The Balaban J connectivity index is 2.87. The second-order valence-corrected chi connectivity index (χ2v) is 5.33. The number of hydrogen-bond donors (Lipinski definition) is 0. The molecule has 1 rings (SSSR count). The van der Waals surface area contributed by atoms with Gasteiger partial charge in [0.25, 0.3) is 0 Å². The molecule has 0 fully saturated rings. The van der Waals surface area contributed by atoms with E-state index in [0.717, 1.165) is 22.2 Å². The van der Waals surface area contributed by atoms with Crippen LogP contribution in [0.15, 0.2) is 16.6 Å². The minimum atomic E-state index is -0.549. The minimum Gasteiger partial charge on any atom is -0.353 e. The van der Waals surface area contributed by atoms with Gasteiger partial charge in [-0.3, -0.25) is 4.98 Å². The van der Waals surface area contributed by atoms with Gasteiger partial charge in [-0.2, -0.15) is 0 Å². The SMILES string of the molecule is CCOP(C)c1cc(Br)cc(C)n1. The molecule has 1 aromatic heterocycles. The summed E-state index contributed by atoms with van der Waals surface area (Å²) in [7, 11) is -0.549. The fourth-order valence-corrected chi connectivity index (χ4v) is 2.89. The molecule has 1 unspecified atom stereocenters. The summed E-state index contributed by atoms with van der Waals surface area (Å²) in [6, 6.07) is 4.02. The van der Waals surface area contributed by atoms with Crippen molar-refractivity contribution in [1.29, 1.82) is 0 Å². The van der Waals surface area contributed by atoms with Crippen molar-refractivity contribution in [2.45, 2.75) is 13.8 Å². The molecule has 2 nitrogen and oxygen atoms in total. The average Bonchev–Trinajstić information content (AvgIpc) is 2.03. The van der Waals surface area contributed by atoms with Crippen LogP contribution in [0.2, 0.25) is 0 Å². The summed E-state index contributed by atoms with van der Waals surface area (Å²) in [6.45, 7) is 6.82. The molecule has 0 aromatic carbocycles. The maximum Gasteiger partial charge on any atom is 0.0917 e. The van der Waals surface area contributed by atoms with E-state index in [4.69, 9.17) is 4.52 Å². The van der Waals surface area contributed by atoms with Gasteiger partial charge in [-0.25, -0.2) is 0 Å². The highest BCUT2D eigenvalue weighted by Gasteiger charge is 2.07. The Morgan fingerprint density at radius 1 is 1.54 bits per heavy atom. The summed E-state index contributed by atoms with van der Waals surface area (Å²) < 4.78 is 6.59. The lowest BCUT2D eigenvalue weighted by Gasteiger charge is -2.11. The molecule has 0 aliphatic rings. The van der Waals surface area contributed by atoms with Crippen molar-refractivity contribution >= 4 is 29.5 Å². The normalized spacial score (nSPS) is 12.9. The first-order valence-electron chi connectivity index (χ1n) is 4.14. The molecule has 0 aliphatic carbocycles. The molecule has 0 spiro atoms. The van der Waals surface area contributed by atoms with Crippen LogP contribution in [0.5, 0.6) is 0 Å². The fraction of sp³-hybridized carbons (Fsp3) is 0.444. The van der Waals surface area contributed by atoms with Crippen molar-refractivity contribution in [1.82, 2.24) is 4.98 Å². The van der Waals surface area contributed by atoms with Gasteiger partial charge >= 0.3 is 0 Å². The number of rotatable bonds is 3. The molecule has 72 valence electrons. The van der Waals surface area contributed by atoms with E-state index in [0.29, 0.717) is 0 Å². The van der Waals surface area contributed by atoms with Crippen molar-refractivity contribution in [2.24, 2.45) is 0 Å². The monoisotopic (exact) mass is 261 g/mol. The van der Waals surface area contributed by atoms with Crippen molar-refractivity contribution in [3.05, 3.63) is 22.3 Å². The average molecular weight is 262 g/mol. The number of aromatic nitrogens is 1. The van der Waals surface area contributed by atoms with E-state index in [-0.39, 0.29) is 0 Å². The molecule has 1 aromatic rings. The van der Waals surface area contributed by atoms with Crippen molar-refractivity contribution < 1.29 is 4.52 Å². The molecule has 0 N–H and O–H groups in total. The van der Waals surface area contributed by atoms with E-state index in [1.54, 1.807) is 0 Å². The molecule has 0 aliphatic heterocycles. The standard InChI is InChI=1S/C9H13BrNOP/c1-4-12-13(3)9-6-8(10)5-7(2)11-9/h5-6H,4H2,1-3H3. The Hall–Kier alpha value is 0.0200. The second-order valence-electron chi connectivity index (χ2n) is 2.70. The quantitative estimate of drug-likeness (QED) is 0.781. The second kappa shape index (κ2) is 5.04. The summed E-state index contributed by atoms with van der Waals surface area (Å²) >= 11 is 3.45. The maximum absolute atomic E-state index is 5.52. The summed E-state index contributed by atoms with van der Waals surface area (Å²) in [4.78, 5) is 4.43. The van der Waals surface area contributed by atoms with Gasteiger partial charge in [-0.15, -0.1) is 0 Å². The van der Waals surface area contributed by atoms with Crippen LogP contribution in [-0.2, 0) is 4.52 Å². The van der Waals surface area contributed by atoms with Crippen LogP contribution in [-0.4, -0.2) is 18.3 Å². The van der Waals surface area contributed by atoms with Crippen molar-refractivity contribution in [3.63, 3.8) is 0 Å². The smallest absolute Gasteiger partial charge is 0.0917 e. The number of halogens is 1. The molecule has 0 saturated carbocycles. The Morgan fingerprint density at radius 2 is 2.23 bits per heavy atom. The van der Waals surface area contributed by atoms with Gasteiger partial charge in [-0.1, -0.05) is 15.9 Å². The van der Waals surface area contributed by atoms with Gasteiger partial charge in [-0.05, 0) is 32.6 Å². The lowest BCUT2D eigenvalue weighted by Crippen LogP contribution is -2.08. The lowest BCUT2D eigenvalue weighted by molar-refractivity contribution is 0.385. The Morgan fingerprint density at radius 3 is 2.77 bits per heavy atom. The first kappa shape index (κ1) is 11.1. The molecule has 1 atom stereocenters. The van der Waals surface area contributed by atoms with Crippen LogP contribution < -0.4 is 5.44 Å². The molecular formula is C9H13BrNOP. The zero-order chi connectivity index (χ0) is 9.84. The van der Waals surface area contributed by atoms with E-state index < -0.39 is 8.15 Å². The number of hydrogen-bond acceptors (Lipinski definition) is 2. The number of aryl methyl sites for hydroxylation is 1. The lowest BCUT2D eigenvalue weighted by atomic mass is 10.4. The van der Waals surface area contributed by atoms with E-state index in [9.17, 15) is 0 Å². The van der Waals surface area contributed by atoms with Crippen molar-refractivity contribution in [2.75, 3.05) is 13.3 Å². The summed E-state index contributed by atoms with van der Waals surface area (Å²) in [5, 5.41) is 0. The third kappa shape index (κ3) is 3.34. The first-order chi connectivity index (χ1) is 6.13. The summed E-state index contributed by atoms with van der Waals surface area (Å²) in [5.41, 5.74) is 2.07. The van der Waals surface area contributed by atoms with Crippen LogP contribution in [0.25, 0.3) is 0 Å². The summed E-state index contributed by atoms with van der Waals surface area (Å²) in [6.07, 6.45) is 0. The van der Waals surface area contributed by atoms with Gasteiger partial charge in [0.05, 0.1) is 13.6 Å². The first-order valence-corrected chi connectivity index (χ1v) is 6.64. The highest BCUT2D eigenvalue weighted by atomic mass is 79.9. The molecular weight excluding hydrogens is 249 g/mol. The van der Waals surface area contributed by atoms with Crippen LogP contribution in [0.1, 0.15) is 12.6 Å². The maximum atomic E-state index is 5.52. The molecule has 0 radical (unpaired) electrons. The zero-order valence-electron chi connectivity index (χ0n) is 8.04. The van der Waals surface area contributed by atoms with Crippen LogP contribution >= 0.6 is 24.1 Å². The number of pyridine rings is 1. The molecule has 0 bridgehead atoms. The van der Waals surface area contributed by atoms with Crippen LogP contribution in [0, 0.1) is 6.92 Å². The Labute approximate surface area is 88.7 Å². The highest BCUT2D eigenvalue weighted by Crippen LogP contribution is 2.30. The number of nitrogens with zero attached hydrogens (tertiary/aromatic N) is 1. The highest BCUT2D eigenvalue weighted by molar-refractivity contribution is 9.10. The Bertz CT molecular complexity index is 273. The molecule has 0 amide bonds. The Kier molecular flexibility index (Phi) is 4.30.